The monoisotopic (exact) mass is 255 g/mol. The fraction of sp³-hybridized carbons (Fsp3) is 0.875. The Hall–Kier alpha value is -0.700. The lowest BCUT2D eigenvalue weighted by atomic mass is 10.4. The SMILES string of the molecule is CCOC(=O)CCS(=O)(=O)NCC(O)CO. The van der Waals surface area contributed by atoms with Crippen molar-refractivity contribution in [1.29, 1.82) is 0 Å². The van der Waals surface area contributed by atoms with Crippen molar-refractivity contribution >= 4 is 16.0 Å². The molecule has 1 atom stereocenters. The zero-order chi connectivity index (χ0) is 12.6. The highest BCUT2D eigenvalue weighted by Crippen LogP contribution is 1.93. The summed E-state index contributed by atoms with van der Waals surface area (Å²) in [5.41, 5.74) is 0. The number of rotatable bonds is 8. The van der Waals surface area contributed by atoms with Gasteiger partial charge in [-0.3, -0.25) is 4.79 Å². The van der Waals surface area contributed by atoms with Crippen LogP contribution in [-0.4, -0.2) is 56.2 Å². The third kappa shape index (κ3) is 7.57. The average Bonchev–Trinajstić information content (AvgIpc) is 2.24. The number of carbonyl (C=O) groups is 1. The van der Waals surface area contributed by atoms with E-state index < -0.39 is 34.5 Å². The van der Waals surface area contributed by atoms with E-state index in [0.717, 1.165) is 0 Å². The molecule has 0 aromatic rings. The molecule has 0 fully saturated rings. The summed E-state index contributed by atoms with van der Waals surface area (Å²) in [5, 5.41) is 17.4. The normalized spacial score (nSPS) is 13.4. The molecule has 0 radical (unpaired) electrons. The molecule has 0 rings (SSSR count). The van der Waals surface area contributed by atoms with Crippen LogP contribution in [0.1, 0.15) is 13.3 Å². The van der Waals surface area contributed by atoms with Crippen molar-refractivity contribution in [2.24, 2.45) is 0 Å². The van der Waals surface area contributed by atoms with E-state index in [1.807, 2.05) is 0 Å². The van der Waals surface area contributed by atoms with Crippen molar-refractivity contribution in [2.45, 2.75) is 19.4 Å². The van der Waals surface area contributed by atoms with Crippen LogP contribution < -0.4 is 4.72 Å². The summed E-state index contributed by atoms with van der Waals surface area (Å²) in [6.45, 7) is 1.03. The molecule has 0 aliphatic heterocycles. The van der Waals surface area contributed by atoms with Gasteiger partial charge in [0.1, 0.15) is 0 Å². The number of nitrogens with one attached hydrogen (secondary N) is 1. The van der Waals surface area contributed by atoms with Crippen LogP contribution in [0.5, 0.6) is 0 Å². The second-order valence-corrected chi connectivity index (χ2v) is 4.99. The highest BCUT2D eigenvalue weighted by atomic mass is 32.2. The highest BCUT2D eigenvalue weighted by Gasteiger charge is 2.15. The van der Waals surface area contributed by atoms with E-state index in [9.17, 15) is 13.2 Å². The molecule has 0 aliphatic rings. The lowest BCUT2D eigenvalue weighted by Crippen LogP contribution is -2.35. The molecule has 0 saturated heterocycles. The van der Waals surface area contributed by atoms with Crippen LogP contribution in [0.25, 0.3) is 0 Å². The first kappa shape index (κ1) is 15.3. The Balaban J connectivity index is 3.92. The standard InChI is InChI=1S/C8H17NO6S/c1-2-15-8(12)3-4-16(13,14)9-5-7(11)6-10/h7,9-11H,2-6H2,1H3. The summed E-state index contributed by atoms with van der Waals surface area (Å²) in [5.74, 6) is -0.986. The Bertz CT molecular complexity index is 302. The second kappa shape index (κ2) is 7.55. The smallest absolute Gasteiger partial charge is 0.306 e. The van der Waals surface area contributed by atoms with Gasteiger partial charge >= 0.3 is 5.97 Å². The number of aliphatic hydroxyl groups is 2. The van der Waals surface area contributed by atoms with Gasteiger partial charge in [0.15, 0.2) is 0 Å². The molecule has 0 amide bonds. The summed E-state index contributed by atoms with van der Waals surface area (Å²) >= 11 is 0. The number of hydrogen-bond donors (Lipinski definition) is 3. The van der Waals surface area contributed by atoms with E-state index in [1.54, 1.807) is 6.92 Å². The van der Waals surface area contributed by atoms with Gasteiger partial charge in [0.2, 0.25) is 10.0 Å². The van der Waals surface area contributed by atoms with Gasteiger partial charge in [-0.2, -0.15) is 0 Å². The van der Waals surface area contributed by atoms with E-state index >= 15 is 0 Å². The summed E-state index contributed by atoms with van der Waals surface area (Å²) in [4.78, 5) is 10.9. The van der Waals surface area contributed by atoms with Crippen LogP contribution in [-0.2, 0) is 19.6 Å². The van der Waals surface area contributed by atoms with Crippen LogP contribution in [0, 0.1) is 0 Å². The van der Waals surface area contributed by atoms with Gasteiger partial charge in [-0.25, -0.2) is 13.1 Å². The van der Waals surface area contributed by atoms with Crippen LogP contribution in [0.4, 0.5) is 0 Å². The molecule has 0 aromatic carbocycles. The van der Waals surface area contributed by atoms with Gasteiger partial charge in [-0.15, -0.1) is 0 Å². The number of esters is 1. The molecule has 0 aliphatic carbocycles. The summed E-state index contributed by atoms with van der Waals surface area (Å²) < 4.78 is 29.1. The maximum atomic E-state index is 11.2. The van der Waals surface area contributed by atoms with E-state index in [1.165, 1.54) is 0 Å². The first-order valence-corrected chi connectivity index (χ1v) is 6.48. The Morgan fingerprint density at radius 1 is 1.50 bits per heavy atom. The molecule has 16 heavy (non-hydrogen) atoms. The number of ether oxygens (including phenoxy) is 1. The highest BCUT2D eigenvalue weighted by molar-refractivity contribution is 7.89. The fourth-order valence-electron chi connectivity index (χ4n) is 0.811. The van der Waals surface area contributed by atoms with E-state index in [4.69, 9.17) is 10.2 Å². The predicted octanol–water partition coefficient (Wildman–Crippen LogP) is -1.79. The van der Waals surface area contributed by atoms with Crippen molar-refractivity contribution in [2.75, 3.05) is 25.5 Å². The van der Waals surface area contributed by atoms with Crippen molar-refractivity contribution in [3.05, 3.63) is 0 Å². The van der Waals surface area contributed by atoms with Gasteiger partial charge in [0.25, 0.3) is 0 Å². The minimum absolute atomic E-state index is 0.204. The van der Waals surface area contributed by atoms with Gasteiger partial charge in [0.05, 0.1) is 31.5 Å². The average molecular weight is 255 g/mol. The molecular formula is C8H17NO6S. The molecular weight excluding hydrogens is 238 g/mol. The number of carbonyl (C=O) groups excluding carboxylic acids is 1. The number of aliphatic hydroxyl groups excluding tert-OH is 2. The maximum absolute atomic E-state index is 11.2. The first-order valence-electron chi connectivity index (χ1n) is 4.83. The Morgan fingerprint density at radius 2 is 2.12 bits per heavy atom. The molecule has 96 valence electrons. The van der Waals surface area contributed by atoms with Gasteiger partial charge < -0.3 is 14.9 Å². The van der Waals surface area contributed by atoms with Crippen LogP contribution in [0.3, 0.4) is 0 Å². The van der Waals surface area contributed by atoms with Crippen molar-refractivity contribution in [3.63, 3.8) is 0 Å². The maximum Gasteiger partial charge on any atom is 0.306 e. The zero-order valence-electron chi connectivity index (χ0n) is 9.05. The Kier molecular flexibility index (Phi) is 7.22. The van der Waals surface area contributed by atoms with E-state index in [-0.39, 0.29) is 19.6 Å². The van der Waals surface area contributed by atoms with Crippen LogP contribution >= 0.6 is 0 Å². The molecule has 1 unspecified atom stereocenters. The van der Waals surface area contributed by atoms with Crippen LogP contribution in [0.2, 0.25) is 0 Å². The van der Waals surface area contributed by atoms with Crippen molar-refractivity contribution in [1.82, 2.24) is 4.72 Å². The number of hydrogen-bond acceptors (Lipinski definition) is 6. The Morgan fingerprint density at radius 3 is 2.62 bits per heavy atom. The summed E-state index contributed by atoms with van der Waals surface area (Å²) in [7, 11) is -3.62. The Labute approximate surface area is 94.5 Å². The first-order chi connectivity index (χ1) is 7.41. The van der Waals surface area contributed by atoms with Crippen molar-refractivity contribution in [3.8, 4) is 0 Å². The van der Waals surface area contributed by atoms with Crippen molar-refractivity contribution < 1.29 is 28.2 Å². The lowest BCUT2D eigenvalue weighted by Gasteiger charge is -2.09. The molecule has 0 aromatic heterocycles. The van der Waals surface area contributed by atoms with Gasteiger partial charge in [-0.1, -0.05) is 0 Å². The molecule has 0 heterocycles. The van der Waals surface area contributed by atoms with E-state index in [2.05, 4.69) is 9.46 Å². The number of sulfonamides is 1. The topological polar surface area (TPSA) is 113 Å². The largest absolute Gasteiger partial charge is 0.466 e. The van der Waals surface area contributed by atoms with Gasteiger partial charge in [0, 0.05) is 6.54 Å². The fourth-order valence-corrected chi connectivity index (χ4v) is 1.84. The second-order valence-electron chi connectivity index (χ2n) is 3.06. The minimum atomic E-state index is -3.62. The minimum Gasteiger partial charge on any atom is -0.466 e. The molecule has 8 heteroatoms. The lowest BCUT2D eigenvalue weighted by molar-refractivity contribution is -0.142. The molecule has 3 N–H and O–H groups in total. The van der Waals surface area contributed by atoms with Crippen LogP contribution in [0.15, 0.2) is 0 Å². The molecule has 0 saturated carbocycles. The summed E-state index contributed by atoms with van der Waals surface area (Å²) in [6, 6.07) is 0. The quantitative estimate of drug-likeness (QED) is 0.442. The van der Waals surface area contributed by atoms with Gasteiger partial charge in [-0.05, 0) is 6.92 Å². The third-order valence-electron chi connectivity index (χ3n) is 1.63. The molecule has 0 spiro atoms. The molecule has 0 bridgehead atoms. The zero-order valence-corrected chi connectivity index (χ0v) is 9.87. The summed E-state index contributed by atoms with van der Waals surface area (Å²) in [6.07, 6.45) is -1.38. The predicted molar refractivity (Wildman–Crippen MR) is 56.1 cm³/mol. The molecule has 7 nitrogen and oxygen atoms in total. The van der Waals surface area contributed by atoms with E-state index in [0.29, 0.717) is 0 Å². The third-order valence-corrected chi connectivity index (χ3v) is 2.98.